The van der Waals surface area contributed by atoms with Gasteiger partial charge < -0.3 is 15.0 Å². The van der Waals surface area contributed by atoms with E-state index in [1.165, 1.54) is 19.2 Å². The molecule has 2 aromatic carbocycles. The molecule has 0 aromatic heterocycles. The molecule has 1 aliphatic rings. The standard InChI is InChI=1S/C25H31N3O5S/c1-19(18-33-2)27-34(31,32)23-11-9-22(10-12-23)26-25(30)21-14-16-28(17-15-21)24(29)13-8-20-6-4-3-5-7-20/h3-13,19,21,27H,14-18H2,1-2H3,(H,26,30)/b13-8+. The van der Waals surface area contributed by atoms with Crippen molar-refractivity contribution in [1.29, 1.82) is 0 Å². The average Bonchev–Trinajstić information content (AvgIpc) is 2.83. The number of carbonyl (C=O) groups excluding carboxylic acids is 2. The van der Waals surface area contributed by atoms with E-state index in [9.17, 15) is 18.0 Å². The minimum atomic E-state index is -3.67. The molecule has 0 aliphatic carbocycles. The van der Waals surface area contributed by atoms with Gasteiger partial charge in [-0.05, 0) is 55.7 Å². The van der Waals surface area contributed by atoms with Crippen LogP contribution in [0.25, 0.3) is 6.08 Å². The van der Waals surface area contributed by atoms with Crippen LogP contribution in [0.15, 0.2) is 65.6 Å². The van der Waals surface area contributed by atoms with Crippen molar-refractivity contribution in [3.05, 3.63) is 66.2 Å². The van der Waals surface area contributed by atoms with Crippen LogP contribution in [0, 0.1) is 5.92 Å². The highest BCUT2D eigenvalue weighted by molar-refractivity contribution is 7.89. The normalized spacial score (nSPS) is 15.9. The van der Waals surface area contributed by atoms with Gasteiger partial charge in [-0.15, -0.1) is 0 Å². The fourth-order valence-corrected chi connectivity index (χ4v) is 5.01. The van der Waals surface area contributed by atoms with E-state index >= 15 is 0 Å². The number of hydrogen-bond acceptors (Lipinski definition) is 5. The SMILES string of the molecule is COCC(C)NS(=O)(=O)c1ccc(NC(=O)C2CCN(C(=O)/C=C/c3ccccc3)CC2)cc1. The van der Waals surface area contributed by atoms with Gasteiger partial charge in [0.2, 0.25) is 21.8 Å². The molecule has 0 radical (unpaired) electrons. The molecule has 1 atom stereocenters. The molecule has 182 valence electrons. The van der Waals surface area contributed by atoms with Gasteiger partial charge in [0.15, 0.2) is 0 Å². The van der Waals surface area contributed by atoms with Crippen molar-refractivity contribution in [3.63, 3.8) is 0 Å². The highest BCUT2D eigenvalue weighted by Crippen LogP contribution is 2.21. The molecule has 3 rings (SSSR count). The Hall–Kier alpha value is -3.01. The number of carbonyl (C=O) groups is 2. The third-order valence-electron chi connectivity index (χ3n) is 5.60. The van der Waals surface area contributed by atoms with Gasteiger partial charge in [-0.3, -0.25) is 9.59 Å². The summed E-state index contributed by atoms with van der Waals surface area (Å²) in [6.07, 6.45) is 4.50. The fraction of sp³-hybridized carbons (Fsp3) is 0.360. The number of piperidine rings is 1. The third-order valence-corrected chi connectivity index (χ3v) is 7.21. The first-order chi connectivity index (χ1) is 16.3. The molecular formula is C25H31N3O5S. The molecule has 0 bridgehead atoms. The molecule has 1 unspecified atom stereocenters. The maximum Gasteiger partial charge on any atom is 0.246 e. The predicted molar refractivity (Wildman–Crippen MR) is 132 cm³/mol. The van der Waals surface area contributed by atoms with E-state index in [0.29, 0.717) is 31.6 Å². The second kappa shape index (κ2) is 11.9. The molecule has 34 heavy (non-hydrogen) atoms. The van der Waals surface area contributed by atoms with Crippen molar-refractivity contribution in [2.45, 2.75) is 30.7 Å². The lowest BCUT2D eigenvalue weighted by Gasteiger charge is -2.30. The minimum Gasteiger partial charge on any atom is -0.383 e. The van der Waals surface area contributed by atoms with Crippen LogP contribution in [0.3, 0.4) is 0 Å². The van der Waals surface area contributed by atoms with Crippen molar-refractivity contribution < 1.29 is 22.7 Å². The number of ether oxygens (including phenoxy) is 1. The van der Waals surface area contributed by atoms with E-state index in [0.717, 1.165) is 5.56 Å². The smallest absolute Gasteiger partial charge is 0.246 e. The summed E-state index contributed by atoms with van der Waals surface area (Å²) in [6, 6.07) is 15.3. The van der Waals surface area contributed by atoms with Crippen molar-refractivity contribution in [1.82, 2.24) is 9.62 Å². The molecule has 8 nitrogen and oxygen atoms in total. The summed E-state index contributed by atoms with van der Waals surface area (Å²) in [7, 11) is -2.16. The molecule has 2 amide bonds. The van der Waals surface area contributed by atoms with Crippen LogP contribution >= 0.6 is 0 Å². The van der Waals surface area contributed by atoms with E-state index in [2.05, 4.69) is 10.0 Å². The van der Waals surface area contributed by atoms with E-state index in [1.807, 2.05) is 30.3 Å². The van der Waals surface area contributed by atoms with Gasteiger partial charge in [0.25, 0.3) is 0 Å². The lowest BCUT2D eigenvalue weighted by atomic mass is 9.95. The lowest BCUT2D eigenvalue weighted by molar-refractivity contribution is -0.130. The van der Waals surface area contributed by atoms with Gasteiger partial charge >= 0.3 is 0 Å². The molecule has 1 fully saturated rings. The second-order valence-electron chi connectivity index (χ2n) is 8.33. The number of hydrogen-bond donors (Lipinski definition) is 2. The first-order valence-electron chi connectivity index (χ1n) is 11.2. The highest BCUT2D eigenvalue weighted by Gasteiger charge is 2.26. The van der Waals surface area contributed by atoms with Gasteiger partial charge in [0.1, 0.15) is 0 Å². The van der Waals surface area contributed by atoms with E-state index in [4.69, 9.17) is 4.74 Å². The van der Waals surface area contributed by atoms with Crippen molar-refractivity contribution in [2.24, 2.45) is 5.92 Å². The maximum absolute atomic E-state index is 12.7. The van der Waals surface area contributed by atoms with Gasteiger partial charge in [0, 0.05) is 43.9 Å². The Morgan fingerprint density at radius 2 is 1.74 bits per heavy atom. The quantitative estimate of drug-likeness (QED) is 0.532. The van der Waals surface area contributed by atoms with Crippen LogP contribution in [0.5, 0.6) is 0 Å². The zero-order valence-corrected chi connectivity index (χ0v) is 20.3. The molecule has 2 N–H and O–H groups in total. The monoisotopic (exact) mass is 485 g/mol. The summed E-state index contributed by atoms with van der Waals surface area (Å²) in [5.41, 5.74) is 1.49. The lowest BCUT2D eigenvalue weighted by Crippen LogP contribution is -2.40. The minimum absolute atomic E-state index is 0.0621. The zero-order valence-electron chi connectivity index (χ0n) is 19.4. The number of amides is 2. The van der Waals surface area contributed by atoms with E-state index in [-0.39, 0.29) is 35.3 Å². The molecule has 1 heterocycles. The van der Waals surface area contributed by atoms with Crippen LogP contribution < -0.4 is 10.0 Å². The predicted octanol–water partition coefficient (Wildman–Crippen LogP) is 2.89. The summed E-state index contributed by atoms with van der Waals surface area (Å²) in [5.74, 6) is -0.399. The van der Waals surface area contributed by atoms with E-state index < -0.39 is 10.0 Å². The number of benzene rings is 2. The van der Waals surface area contributed by atoms with Crippen LogP contribution in [-0.2, 0) is 24.3 Å². The van der Waals surface area contributed by atoms with Crippen molar-refractivity contribution in [2.75, 3.05) is 32.1 Å². The highest BCUT2D eigenvalue weighted by atomic mass is 32.2. The van der Waals surface area contributed by atoms with Crippen LogP contribution in [-0.4, -0.2) is 58.0 Å². The Balaban J connectivity index is 1.49. The summed E-state index contributed by atoms with van der Waals surface area (Å²) >= 11 is 0. The second-order valence-corrected chi connectivity index (χ2v) is 10.0. The first-order valence-corrected chi connectivity index (χ1v) is 12.7. The number of methoxy groups -OCH3 is 1. The van der Waals surface area contributed by atoms with Crippen molar-refractivity contribution >= 4 is 33.6 Å². The summed E-state index contributed by atoms with van der Waals surface area (Å²) in [6.45, 7) is 3.01. The molecule has 1 saturated heterocycles. The van der Waals surface area contributed by atoms with Gasteiger partial charge in [-0.1, -0.05) is 30.3 Å². The molecular weight excluding hydrogens is 454 g/mol. The number of sulfonamides is 1. The Bertz CT molecular complexity index is 1090. The van der Waals surface area contributed by atoms with Crippen molar-refractivity contribution in [3.8, 4) is 0 Å². The molecule has 0 saturated carbocycles. The summed E-state index contributed by atoms with van der Waals surface area (Å²) < 4.78 is 32.3. The van der Waals surface area contributed by atoms with Gasteiger partial charge in [-0.2, -0.15) is 0 Å². The largest absolute Gasteiger partial charge is 0.383 e. The zero-order chi connectivity index (χ0) is 24.6. The molecule has 9 heteroatoms. The Morgan fingerprint density at radius 1 is 1.09 bits per heavy atom. The number of nitrogens with one attached hydrogen (secondary N) is 2. The summed E-state index contributed by atoms with van der Waals surface area (Å²) in [4.78, 5) is 27.0. The van der Waals surface area contributed by atoms with E-state index in [1.54, 1.807) is 36.1 Å². The van der Waals surface area contributed by atoms with Gasteiger partial charge in [-0.25, -0.2) is 13.1 Å². The molecule has 0 spiro atoms. The third kappa shape index (κ3) is 7.24. The Labute approximate surface area is 201 Å². The molecule has 1 aliphatic heterocycles. The molecule has 2 aromatic rings. The number of anilines is 1. The summed E-state index contributed by atoms with van der Waals surface area (Å²) in [5, 5.41) is 2.85. The first kappa shape index (κ1) is 25.6. The van der Waals surface area contributed by atoms with Gasteiger partial charge in [0.05, 0.1) is 11.5 Å². The average molecular weight is 486 g/mol. The Morgan fingerprint density at radius 3 is 2.35 bits per heavy atom. The fourth-order valence-electron chi connectivity index (χ4n) is 3.78. The van der Waals surface area contributed by atoms with Crippen LogP contribution in [0.1, 0.15) is 25.3 Å². The Kier molecular flexibility index (Phi) is 8.98. The van der Waals surface area contributed by atoms with Crippen LogP contribution in [0.4, 0.5) is 5.69 Å². The number of nitrogens with zero attached hydrogens (tertiary/aromatic N) is 1. The topological polar surface area (TPSA) is 105 Å². The number of rotatable bonds is 9. The van der Waals surface area contributed by atoms with Crippen LogP contribution in [0.2, 0.25) is 0 Å². The number of likely N-dealkylation sites (tertiary alicyclic amines) is 1. The maximum atomic E-state index is 12.7.